The SMILES string of the molecule is CC(C)(C)OC(=O)N(Cc1ccc(C(=N)N)cc1)C(=O)OC(C)(C)C. The molecule has 0 aliphatic carbocycles. The Bertz CT molecular complexity index is 612. The van der Waals surface area contributed by atoms with Gasteiger partial charge in [0.15, 0.2) is 0 Å². The van der Waals surface area contributed by atoms with Crippen molar-refractivity contribution in [3.05, 3.63) is 35.4 Å². The molecule has 0 aromatic heterocycles. The molecule has 7 heteroatoms. The van der Waals surface area contributed by atoms with Crippen molar-refractivity contribution in [2.75, 3.05) is 0 Å². The highest BCUT2D eigenvalue weighted by molar-refractivity contribution is 5.95. The molecule has 0 bridgehead atoms. The number of amides is 2. The molecule has 0 radical (unpaired) electrons. The van der Waals surface area contributed by atoms with Crippen LogP contribution < -0.4 is 5.73 Å². The smallest absolute Gasteiger partial charge is 0.420 e. The normalized spacial score (nSPS) is 11.6. The predicted molar refractivity (Wildman–Crippen MR) is 95.5 cm³/mol. The molecular formula is C18H27N3O4. The van der Waals surface area contributed by atoms with Gasteiger partial charge < -0.3 is 15.2 Å². The van der Waals surface area contributed by atoms with Crippen molar-refractivity contribution >= 4 is 18.0 Å². The lowest BCUT2D eigenvalue weighted by molar-refractivity contribution is -0.000245. The van der Waals surface area contributed by atoms with Gasteiger partial charge in [0.2, 0.25) is 0 Å². The minimum absolute atomic E-state index is 0.0119. The summed E-state index contributed by atoms with van der Waals surface area (Å²) in [6.07, 6.45) is -1.56. The van der Waals surface area contributed by atoms with Crippen LogP contribution in [0.3, 0.4) is 0 Å². The van der Waals surface area contributed by atoms with Crippen molar-refractivity contribution in [3.63, 3.8) is 0 Å². The summed E-state index contributed by atoms with van der Waals surface area (Å²) in [5.41, 5.74) is 5.19. The lowest BCUT2D eigenvalue weighted by atomic mass is 10.1. The zero-order valence-corrected chi connectivity index (χ0v) is 15.7. The number of nitrogens with one attached hydrogen (secondary N) is 1. The Morgan fingerprint density at radius 2 is 1.36 bits per heavy atom. The largest absolute Gasteiger partial charge is 0.443 e. The van der Waals surface area contributed by atoms with Gasteiger partial charge in [0.1, 0.15) is 17.0 Å². The number of nitrogens with zero attached hydrogens (tertiary/aromatic N) is 1. The lowest BCUT2D eigenvalue weighted by Crippen LogP contribution is -2.43. The Morgan fingerprint density at radius 3 is 1.68 bits per heavy atom. The molecule has 3 N–H and O–H groups in total. The van der Waals surface area contributed by atoms with E-state index in [0.29, 0.717) is 11.1 Å². The van der Waals surface area contributed by atoms with Crippen molar-refractivity contribution in [1.29, 1.82) is 5.41 Å². The molecule has 0 heterocycles. The minimum Gasteiger partial charge on any atom is -0.443 e. The molecule has 1 aromatic carbocycles. The summed E-state index contributed by atoms with van der Waals surface area (Å²) in [6.45, 7) is 10.3. The molecule has 138 valence electrons. The standard InChI is InChI=1S/C18H27N3O4/c1-17(2,3)24-15(22)21(16(23)25-18(4,5)6)11-12-7-9-13(10-8-12)14(19)20/h7-10H,11H2,1-6H3,(H3,19,20). The average molecular weight is 349 g/mol. The van der Waals surface area contributed by atoms with Crippen molar-refractivity contribution in [1.82, 2.24) is 4.90 Å². The first kappa shape index (κ1) is 20.5. The van der Waals surface area contributed by atoms with E-state index in [1.807, 2.05) is 0 Å². The number of hydrogen-bond acceptors (Lipinski definition) is 5. The second kappa shape index (κ2) is 7.55. The third kappa shape index (κ3) is 7.24. The second-order valence-electron chi connectivity index (χ2n) is 7.66. The Balaban J connectivity index is 3.02. The number of ether oxygens (including phenoxy) is 2. The van der Waals surface area contributed by atoms with Crippen molar-refractivity contribution in [2.45, 2.75) is 59.3 Å². The van der Waals surface area contributed by atoms with Crippen LogP contribution in [0.15, 0.2) is 24.3 Å². The maximum Gasteiger partial charge on any atom is 0.420 e. The van der Waals surface area contributed by atoms with Gasteiger partial charge in [-0.25, -0.2) is 14.5 Å². The predicted octanol–water partition coefficient (Wildman–Crippen LogP) is 3.64. The first-order valence-corrected chi connectivity index (χ1v) is 7.95. The van der Waals surface area contributed by atoms with Gasteiger partial charge in [0.05, 0.1) is 6.54 Å². The Hall–Kier alpha value is -2.57. The summed E-state index contributed by atoms with van der Waals surface area (Å²) < 4.78 is 10.6. The fourth-order valence-corrected chi connectivity index (χ4v) is 1.81. The van der Waals surface area contributed by atoms with Crippen molar-refractivity contribution in [2.24, 2.45) is 5.73 Å². The first-order chi connectivity index (χ1) is 11.3. The van der Waals surface area contributed by atoms with Crippen molar-refractivity contribution in [3.8, 4) is 0 Å². The second-order valence-corrected chi connectivity index (χ2v) is 7.66. The van der Waals surface area contributed by atoms with Crippen LogP contribution in [0, 0.1) is 5.41 Å². The summed E-state index contributed by atoms with van der Waals surface area (Å²) >= 11 is 0. The Kier molecular flexibility index (Phi) is 6.18. The number of nitrogens with two attached hydrogens (primary N) is 1. The van der Waals surface area contributed by atoms with Gasteiger partial charge >= 0.3 is 12.2 Å². The molecule has 25 heavy (non-hydrogen) atoms. The van der Waals surface area contributed by atoms with E-state index in [2.05, 4.69) is 0 Å². The van der Waals surface area contributed by atoms with E-state index in [-0.39, 0.29) is 12.4 Å². The highest BCUT2D eigenvalue weighted by atomic mass is 16.6. The van der Waals surface area contributed by atoms with Crippen LogP contribution in [-0.4, -0.2) is 34.1 Å². The van der Waals surface area contributed by atoms with E-state index in [4.69, 9.17) is 20.6 Å². The molecular weight excluding hydrogens is 322 g/mol. The van der Waals surface area contributed by atoms with Crippen LogP contribution in [0.4, 0.5) is 9.59 Å². The van der Waals surface area contributed by atoms with E-state index in [1.165, 1.54) is 0 Å². The van der Waals surface area contributed by atoms with E-state index in [0.717, 1.165) is 4.90 Å². The zero-order chi connectivity index (χ0) is 19.4. The van der Waals surface area contributed by atoms with Crippen LogP contribution in [0.25, 0.3) is 0 Å². The lowest BCUT2D eigenvalue weighted by Gasteiger charge is -2.28. The number of hydrogen-bond donors (Lipinski definition) is 2. The van der Waals surface area contributed by atoms with Gasteiger partial charge in [-0.2, -0.15) is 0 Å². The third-order valence-electron chi connectivity index (χ3n) is 2.83. The summed E-state index contributed by atoms with van der Waals surface area (Å²) in [5.74, 6) is -0.0531. The zero-order valence-electron chi connectivity index (χ0n) is 15.7. The molecule has 0 saturated heterocycles. The van der Waals surface area contributed by atoms with Crippen molar-refractivity contribution < 1.29 is 19.1 Å². The molecule has 0 spiro atoms. The molecule has 0 aliphatic heterocycles. The topological polar surface area (TPSA) is 106 Å². The van der Waals surface area contributed by atoms with E-state index < -0.39 is 23.4 Å². The quantitative estimate of drug-likeness (QED) is 0.640. The molecule has 1 aromatic rings. The number of nitrogen functional groups attached to an aromatic ring is 1. The highest BCUT2D eigenvalue weighted by Gasteiger charge is 2.31. The number of carbonyl (C=O) groups excluding carboxylic acids is 2. The summed E-state index contributed by atoms with van der Waals surface area (Å²) in [6, 6.07) is 6.69. The van der Waals surface area contributed by atoms with E-state index >= 15 is 0 Å². The molecule has 0 atom stereocenters. The average Bonchev–Trinajstić information content (AvgIpc) is 2.41. The summed E-state index contributed by atoms with van der Waals surface area (Å²) in [7, 11) is 0. The van der Waals surface area contributed by atoms with Gasteiger partial charge in [0.25, 0.3) is 0 Å². The van der Waals surface area contributed by atoms with Crippen LogP contribution in [-0.2, 0) is 16.0 Å². The monoisotopic (exact) mass is 349 g/mol. The van der Waals surface area contributed by atoms with Gasteiger partial charge in [-0.05, 0) is 47.1 Å². The van der Waals surface area contributed by atoms with E-state index in [9.17, 15) is 9.59 Å². The minimum atomic E-state index is -0.780. The summed E-state index contributed by atoms with van der Waals surface area (Å²) in [5, 5.41) is 7.40. The molecule has 0 unspecified atom stereocenters. The molecule has 0 fully saturated rings. The van der Waals surface area contributed by atoms with Crippen LogP contribution in [0.2, 0.25) is 0 Å². The number of benzene rings is 1. The molecule has 0 saturated carbocycles. The van der Waals surface area contributed by atoms with Gasteiger partial charge in [-0.15, -0.1) is 0 Å². The number of imide groups is 1. The van der Waals surface area contributed by atoms with Crippen LogP contribution >= 0.6 is 0 Å². The molecule has 2 amide bonds. The number of carbonyl (C=O) groups is 2. The van der Waals surface area contributed by atoms with Gasteiger partial charge in [-0.1, -0.05) is 24.3 Å². The number of amidine groups is 1. The van der Waals surface area contributed by atoms with E-state index in [1.54, 1.807) is 65.8 Å². The molecule has 0 aliphatic rings. The Labute approximate surface area is 148 Å². The Morgan fingerprint density at radius 1 is 0.960 bits per heavy atom. The maximum atomic E-state index is 12.4. The molecule has 1 rings (SSSR count). The fraction of sp³-hybridized carbons (Fsp3) is 0.500. The number of rotatable bonds is 3. The third-order valence-corrected chi connectivity index (χ3v) is 2.83. The van der Waals surface area contributed by atoms with Crippen LogP contribution in [0.5, 0.6) is 0 Å². The first-order valence-electron chi connectivity index (χ1n) is 7.95. The fourth-order valence-electron chi connectivity index (χ4n) is 1.81. The van der Waals surface area contributed by atoms with Crippen LogP contribution in [0.1, 0.15) is 52.7 Å². The highest BCUT2D eigenvalue weighted by Crippen LogP contribution is 2.17. The maximum absolute atomic E-state index is 12.4. The van der Waals surface area contributed by atoms with Gasteiger partial charge in [0, 0.05) is 5.56 Å². The van der Waals surface area contributed by atoms with Gasteiger partial charge in [-0.3, -0.25) is 5.41 Å². The molecule has 7 nitrogen and oxygen atoms in total. The summed E-state index contributed by atoms with van der Waals surface area (Å²) in [4.78, 5) is 25.7.